The Labute approximate surface area is 200 Å². The molecule has 13 nitrogen and oxygen atoms in total. The van der Waals surface area contributed by atoms with Crippen LogP contribution in [0.5, 0.6) is 5.75 Å². The molecular formula is C22H30N6O7. The lowest BCUT2D eigenvalue weighted by Gasteiger charge is -2.41. The van der Waals surface area contributed by atoms with Crippen molar-refractivity contribution in [1.82, 2.24) is 19.1 Å². The van der Waals surface area contributed by atoms with Crippen LogP contribution in [0.2, 0.25) is 0 Å². The van der Waals surface area contributed by atoms with Crippen molar-refractivity contribution in [2.75, 3.05) is 30.4 Å². The first-order valence-corrected chi connectivity index (χ1v) is 11.8. The predicted octanol–water partition coefficient (Wildman–Crippen LogP) is -0.800. The molecule has 0 aromatic carbocycles. The average Bonchev–Trinajstić information content (AvgIpc) is 3.22. The third-order valence-corrected chi connectivity index (χ3v) is 6.68. The summed E-state index contributed by atoms with van der Waals surface area (Å²) in [5, 5.41) is 25.5. The van der Waals surface area contributed by atoms with Gasteiger partial charge in [0.1, 0.15) is 24.3 Å². The van der Waals surface area contributed by atoms with Gasteiger partial charge in [0.2, 0.25) is 0 Å². The van der Waals surface area contributed by atoms with Gasteiger partial charge in [-0.1, -0.05) is 0 Å². The minimum absolute atomic E-state index is 0.0653. The Hall–Kier alpha value is -3.00. The number of hydrogen-bond acceptors (Lipinski definition) is 11. The predicted molar refractivity (Wildman–Crippen MR) is 124 cm³/mol. The van der Waals surface area contributed by atoms with E-state index in [-0.39, 0.29) is 37.0 Å². The van der Waals surface area contributed by atoms with Gasteiger partial charge in [-0.25, -0.2) is 9.59 Å². The first kappa shape index (κ1) is 23.7. The van der Waals surface area contributed by atoms with Gasteiger partial charge in [0.05, 0.1) is 37.7 Å². The zero-order valence-electron chi connectivity index (χ0n) is 19.4. The van der Waals surface area contributed by atoms with Crippen molar-refractivity contribution in [3.63, 3.8) is 0 Å². The summed E-state index contributed by atoms with van der Waals surface area (Å²) in [7, 11) is 1.64. The maximum atomic E-state index is 12.4. The molecule has 1 aliphatic carbocycles. The number of aryl methyl sites for hydroxylation is 1. The van der Waals surface area contributed by atoms with Crippen LogP contribution in [-0.4, -0.2) is 79.5 Å². The van der Waals surface area contributed by atoms with Crippen molar-refractivity contribution in [3.8, 4) is 5.75 Å². The number of aliphatic hydroxyl groups is 2. The molecule has 5 rings (SSSR count). The van der Waals surface area contributed by atoms with Gasteiger partial charge in [0.25, 0.3) is 0 Å². The van der Waals surface area contributed by atoms with Crippen molar-refractivity contribution < 1.29 is 24.4 Å². The largest absolute Gasteiger partial charge is 0.483 e. The van der Waals surface area contributed by atoms with E-state index in [2.05, 4.69) is 20.6 Å². The summed E-state index contributed by atoms with van der Waals surface area (Å²) in [6, 6.07) is 1.54. The van der Waals surface area contributed by atoms with E-state index in [4.69, 9.17) is 14.2 Å². The van der Waals surface area contributed by atoms with E-state index in [1.165, 1.54) is 9.13 Å². The van der Waals surface area contributed by atoms with Crippen molar-refractivity contribution in [2.24, 2.45) is 7.05 Å². The quantitative estimate of drug-likeness (QED) is 0.360. The zero-order valence-corrected chi connectivity index (χ0v) is 19.4. The van der Waals surface area contributed by atoms with E-state index in [0.29, 0.717) is 30.5 Å². The van der Waals surface area contributed by atoms with Gasteiger partial charge in [-0.2, -0.15) is 9.97 Å². The van der Waals surface area contributed by atoms with Crippen LogP contribution in [0.3, 0.4) is 0 Å². The van der Waals surface area contributed by atoms with Crippen LogP contribution in [0.15, 0.2) is 28.0 Å². The van der Waals surface area contributed by atoms with Crippen LogP contribution in [0.1, 0.15) is 31.9 Å². The zero-order chi connectivity index (χ0) is 24.5. The summed E-state index contributed by atoms with van der Waals surface area (Å²) in [5.41, 5.74) is -0.864. The fourth-order valence-corrected chi connectivity index (χ4v) is 4.83. The Morgan fingerprint density at radius 3 is 2.91 bits per heavy atom. The van der Waals surface area contributed by atoms with E-state index in [1.54, 1.807) is 25.5 Å². The van der Waals surface area contributed by atoms with E-state index in [1.807, 2.05) is 0 Å². The number of fused-ring (bicyclic) bond motifs is 2. The molecule has 13 heteroatoms. The molecule has 0 amide bonds. The summed E-state index contributed by atoms with van der Waals surface area (Å²) in [6.07, 6.45) is 3.74. The number of aliphatic hydroxyl groups excluding tert-OH is 2. The SMILES string of the molecule is Cn1cc2c(nc1=O)NC1C(OCCNc3ccn(C4CC(O)C(CO)O4)c(=O)n3)CCCC1O2. The molecule has 3 aliphatic rings. The molecule has 1 saturated carbocycles. The average molecular weight is 491 g/mol. The summed E-state index contributed by atoms with van der Waals surface area (Å²) < 4.78 is 20.4. The topological polar surface area (TPSA) is 162 Å². The molecule has 0 spiro atoms. The smallest absolute Gasteiger partial charge is 0.351 e. The minimum Gasteiger partial charge on any atom is -0.483 e. The highest BCUT2D eigenvalue weighted by Crippen LogP contribution is 2.35. The van der Waals surface area contributed by atoms with Crippen LogP contribution < -0.4 is 26.7 Å². The Kier molecular flexibility index (Phi) is 6.73. The second-order valence-electron chi connectivity index (χ2n) is 9.06. The summed E-state index contributed by atoms with van der Waals surface area (Å²) >= 11 is 0. The van der Waals surface area contributed by atoms with Gasteiger partial charge in [-0.3, -0.25) is 9.13 Å². The van der Waals surface area contributed by atoms with Crippen LogP contribution in [0.4, 0.5) is 11.6 Å². The molecule has 4 heterocycles. The molecule has 190 valence electrons. The molecule has 4 N–H and O–H groups in total. The Bertz CT molecular complexity index is 1170. The molecule has 1 saturated heterocycles. The molecule has 2 fully saturated rings. The molecule has 0 bridgehead atoms. The Morgan fingerprint density at radius 1 is 1.29 bits per heavy atom. The number of rotatable bonds is 7. The molecule has 2 aromatic heterocycles. The number of anilines is 2. The molecule has 6 unspecified atom stereocenters. The van der Waals surface area contributed by atoms with Crippen LogP contribution >= 0.6 is 0 Å². The number of ether oxygens (including phenoxy) is 3. The minimum atomic E-state index is -0.829. The first-order valence-electron chi connectivity index (χ1n) is 11.8. The van der Waals surface area contributed by atoms with Crippen molar-refractivity contribution in [3.05, 3.63) is 39.4 Å². The Balaban J connectivity index is 1.14. The highest BCUT2D eigenvalue weighted by atomic mass is 16.5. The monoisotopic (exact) mass is 490 g/mol. The standard InChI is InChI=1S/C22H30N6O7/c1-27-10-15-20(26-21(27)31)25-19-13(3-2-4-14(19)34-15)33-8-6-23-17-5-7-28(22(32)24-17)18-9-12(30)16(11-29)35-18/h5,7,10,12-14,16,18-19,29-30H,2-4,6,8-9,11H2,1H3,(H,23,24,32)(H,25,26,31). The third kappa shape index (κ3) is 4.89. The molecule has 6 atom stereocenters. The van der Waals surface area contributed by atoms with Crippen molar-refractivity contribution in [2.45, 2.75) is 62.4 Å². The van der Waals surface area contributed by atoms with E-state index in [0.717, 1.165) is 19.3 Å². The fraction of sp³-hybridized carbons (Fsp3) is 0.636. The van der Waals surface area contributed by atoms with E-state index in [9.17, 15) is 19.8 Å². The maximum Gasteiger partial charge on any atom is 0.351 e. The highest BCUT2D eigenvalue weighted by Gasteiger charge is 2.40. The lowest BCUT2D eigenvalue weighted by Crippen LogP contribution is -2.53. The number of hydrogen-bond donors (Lipinski definition) is 4. The summed E-state index contributed by atoms with van der Waals surface area (Å²) in [4.78, 5) is 32.4. The first-order chi connectivity index (χ1) is 16.9. The van der Waals surface area contributed by atoms with Gasteiger partial charge < -0.3 is 35.1 Å². The van der Waals surface area contributed by atoms with E-state index < -0.39 is 24.1 Å². The fourth-order valence-electron chi connectivity index (χ4n) is 4.83. The van der Waals surface area contributed by atoms with Gasteiger partial charge in [-0.15, -0.1) is 0 Å². The molecule has 2 aromatic rings. The second-order valence-corrected chi connectivity index (χ2v) is 9.06. The van der Waals surface area contributed by atoms with E-state index >= 15 is 0 Å². The summed E-state index contributed by atoms with van der Waals surface area (Å²) in [6.45, 7) is 0.504. The summed E-state index contributed by atoms with van der Waals surface area (Å²) in [5.74, 6) is 1.42. The lowest BCUT2D eigenvalue weighted by atomic mass is 9.88. The Morgan fingerprint density at radius 2 is 2.14 bits per heavy atom. The number of aromatic nitrogens is 4. The van der Waals surface area contributed by atoms with Crippen LogP contribution in [0.25, 0.3) is 0 Å². The van der Waals surface area contributed by atoms with Gasteiger partial charge in [0.15, 0.2) is 11.6 Å². The van der Waals surface area contributed by atoms with Gasteiger partial charge in [-0.05, 0) is 25.3 Å². The van der Waals surface area contributed by atoms with Crippen molar-refractivity contribution >= 4 is 11.6 Å². The van der Waals surface area contributed by atoms with Crippen LogP contribution in [0, 0.1) is 0 Å². The normalized spacial score (nSPS) is 29.6. The second kappa shape index (κ2) is 9.93. The lowest BCUT2D eigenvalue weighted by molar-refractivity contribution is -0.0458. The van der Waals surface area contributed by atoms with Gasteiger partial charge in [0, 0.05) is 26.2 Å². The molecule has 0 radical (unpaired) electrons. The molecule has 2 aliphatic heterocycles. The molecular weight excluding hydrogens is 460 g/mol. The van der Waals surface area contributed by atoms with Crippen LogP contribution in [-0.2, 0) is 16.5 Å². The highest BCUT2D eigenvalue weighted by molar-refractivity contribution is 5.51. The maximum absolute atomic E-state index is 12.4. The number of nitrogens with one attached hydrogen (secondary N) is 2. The molecule has 35 heavy (non-hydrogen) atoms. The van der Waals surface area contributed by atoms with Gasteiger partial charge >= 0.3 is 11.4 Å². The number of nitrogens with zero attached hydrogens (tertiary/aromatic N) is 4. The van der Waals surface area contributed by atoms with Crippen molar-refractivity contribution in [1.29, 1.82) is 0 Å². The third-order valence-electron chi connectivity index (χ3n) is 6.68.